The van der Waals surface area contributed by atoms with E-state index in [4.69, 9.17) is 14.1 Å². The zero-order valence-corrected chi connectivity index (χ0v) is 17.1. The molecule has 1 N–H and O–H groups in total. The number of hydrogen-bond donors (Lipinski definition) is 1. The molecule has 3 rings (SSSR count). The van der Waals surface area contributed by atoms with Gasteiger partial charge in [-0.15, -0.1) is 0 Å². The first-order chi connectivity index (χ1) is 12.9. The Morgan fingerprint density at radius 3 is 2.70 bits per heavy atom. The molecule has 0 radical (unpaired) electrons. The summed E-state index contributed by atoms with van der Waals surface area (Å²) in [6.07, 6.45) is 0.806. The van der Waals surface area contributed by atoms with E-state index in [0.717, 1.165) is 66.5 Å². The summed E-state index contributed by atoms with van der Waals surface area (Å²) in [4.78, 5) is 9.54. The van der Waals surface area contributed by atoms with Crippen LogP contribution in [-0.2, 0) is 6.54 Å². The van der Waals surface area contributed by atoms with E-state index in [1.807, 2.05) is 19.1 Å². The summed E-state index contributed by atoms with van der Waals surface area (Å²) in [5.74, 6) is 2.43. The van der Waals surface area contributed by atoms with Gasteiger partial charge in [-0.3, -0.25) is 4.90 Å². The second-order valence-corrected chi connectivity index (χ2v) is 7.47. The number of oxazole rings is 1. The number of aromatic nitrogens is 1. The normalized spacial score (nSPS) is 18.8. The number of hydrogen-bond acceptors (Lipinski definition) is 6. The number of aryl methyl sites for hydroxylation is 1. The molecule has 148 valence electrons. The standard InChI is InChI=1S/C21H31N3O3/c1-14-15(2)20(26-5)7-6-18(14)21-22-19(16(3)27-21)13-24-10-9-23(4)17(12-24)8-11-25/h6-7,17,25H,8-13H2,1-5H3. The van der Waals surface area contributed by atoms with E-state index < -0.39 is 0 Å². The van der Waals surface area contributed by atoms with Gasteiger partial charge in [-0.25, -0.2) is 4.98 Å². The van der Waals surface area contributed by atoms with Crippen LogP contribution in [0, 0.1) is 20.8 Å². The van der Waals surface area contributed by atoms with E-state index >= 15 is 0 Å². The number of methoxy groups -OCH3 is 1. The molecule has 1 atom stereocenters. The molecule has 1 unspecified atom stereocenters. The van der Waals surface area contributed by atoms with E-state index in [0.29, 0.717) is 11.9 Å². The van der Waals surface area contributed by atoms with Crippen LogP contribution < -0.4 is 4.74 Å². The fraction of sp³-hybridized carbons (Fsp3) is 0.571. The van der Waals surface area contributed by atoms with Crippen LogP contribution in [0.1, 0.15) is 29.0 Å². The second-order valence-electron chi connectivity index (χ2n) is 7.47. The van der Waals surface area contributed by atoms with Gasteiger partial charge in [-0.05, 0) is 57.5 Å². The van der Waals surface area contributed by atoms with Crippen LogP contribution in [0.4, 0.5) is 0 Å². The number of benzene rings is 1. The quantitative estimate of drug-likeness (QED) is 0.840. The van der Waals surface area contributed by atoms with Crippen LogP contribution in [0.5, 0.6) is 5.75 Å². The molecular weight excluding hydrogens is 342 g/mol. The minimum absolute atomic E-state index is 0.228. The Morgan fingerprint density at radius 1 is 1.22 bits per heavy atom. The third-order valence-electron chi connectivity index (χ3n) is 5.78. The summed E-state index contributed by atoms with van der Waals surface area (Å²) in [6.45, 7) is 10.1. The smallest absolute Gasteiger partial charge is 0.226 e. The minimum atomic E-state index is 0.228. The fourth-order valence-corrected chi connectivity index (χ4v) is 3.77. The van der Waals surface area contributed by atoms with Crippen molar-refractivity contribution in [2.75, 3.05) is 40.4 Å². The summed E-state index contributed by atoms with van der Waals surface area (Å²) >= 11 is 0. The highest BCUT2D eigenvalue weighted by molar-refractivity contribution is 5.63. The molecule has 0 bridgehead atoms. The van der Waals surface area contributed by atoms with Crippen molar-refractivity contribution in [1.82, 2.24) is 14.8 Å². The summed E-state index contributed by atoms with van der Waals surface area (Å²) in [7, 11) is 3.82. The van der Waals surface area contributed by atoms with E-state index in [2.05, 4.69) is 30.7 Å². The van der Waals surface area contributed by atoms with Gasteiger partial charge >= 0.3 is 0 Å². The van der Waals surface area contributed by atoms with Crippen molar-refractivity contribution in [3.05, 3.63) is 34.7 Å². The molecule has 0 aliphatic carbocycles. The number of ether oxygens (including phenoxy) is 1. The van der Waals surface area contributed by atoms with Gasteiger partial charge < -0.3 is 19.2 Å². The molecule has 1 fully saturated rings. The highest BCUT2D eigenvalue weighted by atomic mass is 16.5. The van der Waals surface area contributed by atoms with Gasteiger partial charge in [0.1, 0.15) is 11.5 Å². The van der Waals surface area contributed by atoms with Crippen LogP contribution in [0.3, 0.4) is 0 Å². The Morgan fingerprint density at radius 2 is 2.00 bits per heavy atom. The lowest BCUT2D eigenvalue weighted by molar-refractivity contribution is 0.0734. The molecule has 1 aliphatic heterocycles. The number of nitrogens with zero attached hydrogens (tertiary/aromatic N) is 3. The number of likely N-dealkylation sites (N-methyl/N-ethyl adjacent to an activating group) is 1. The van der Waals surface area contributed by atoms with Gasteiger partial charge in [0, 0.05) is 44.4 Å². The Kier molecular flexibility index (Phi) is 6.19. The Labute approximate surface area is 161 Å². The lowest BCUT2D eigenvalue weighted by Crippen LogP contribution is -2.51. The molecule has 1 aliphatic rings. The van der Waals surface area contributed by atoms with Gasteiger partial charge in [-0.2, -0.15) is 0 Å². The Bertz CT molecular complexity index is 787. The fourth-order valence-electron chi connectivity index (χ4n) is 3.77. The SMILES string of the molecule is COc1ccc(-c2nc(CN3CCN(C)C(CCO)C3)c(C)o2)c(C)c1C. The first kappa shape index (κ1) is 19.9. The lowest BCUT2D eigenvalue weighted by Gasteiger charge is -2.39. The number of piperazine rings is 1. The maximum Gasteiger partial charge on any atom is 0.226 e. The van der Waals surface area contributed by atoms with Gasteiger partial charge in [0.05, 0.1) is 12.8 Å². The van der Waals surface area contributed by atoms with Gasteiger partial charge in [0.15, 0.2) is 0 Å². The van der Waals surface area contributed by atoms with Crippen LogP contribution in [0.15, 0.2) is 16.5 Å². The average Bonchev–Trinajstić information content (AvgIpc) is 3.00. The topological polar surface area (TPSA) is 62.0 Å². The number of aliphatic hydroxyl groups excluding tert-OH is 1. The molecule has 1 aromatic heterocycles. The van der Waals surface area contributed by atoms with Crippen molar-refractivity contribution in [1.29, 1.82) is 0 Å². The largest absolute Gasteiger partial charge is 0.496 e. The molecule has 0 amide bonds. The van der Waals surface area contributed by atoms with Crippen molar-refractivity contribution >= 4 is 0 Å². The third kappa shape index (κ3) is 4.18. The average molecular weight is 373 g/mol. The first-order valence-electron chi connectivity index (χ1n) is 9.59. The van der Waals surface area contributed by atoms with Crippen LogP contribution in [-0.4, -0.2) is 66.3 Å². The van der Waals surface area contributed by atoms with E-state index in [1.54, 1.807) is 7.11 Å². The maximum atomic E-state index is 9.29. The third-order valence-corrected chi connectivity index (χ3v) is 5.78. The minimum Gasteiger partial charge on any atom is -0.496 e. The highest BCUT2D eigenvalue weighted by Gasteiger charge is 2.25. The van der Waals surface area contributed by atoms with Crippen molar-refractivity contribution in [2.45, 2.75) is 39.8 Å². The monoisotopic (exact) mass is 373 g/mol. The van der Waals surface area contributed by atoms with Crippen molar-refractivity contribution in [2.24, 2.45) is 0 Å². The zero-order valence-electron chi connectivity index (χ0n) is 17.1. The van der Waals surface area contributed by atoms with Crippen molar-refractivity contribution in [3.8, 4) is 17.2 Å². The molecular formula is C21H31N3O3. The van der Waals surface area contributed by atoms with Crippen LogP contribution in [0.25, 0.3) is 11.5 Å². The number of aliphatic hydroxyl groups is 1. The summed E-state index contributed by atoms with van der Waals surface area (Å²) in [6, 6.07) is 4.38. The zero-order chi connectivity index (χ0) is 19.6. The lowest BCUT2D eigenvalue weighted by atomic mass is 10.0. The van der Waals surface area contributed by atoms with E-state index in [9.17, 15) is 5.11 Å². The summed E-state index contributed by atoms with van der Waals surface area (Å²) in [5.41, 5.74) is 4.24. The molecule has 1 saturated heterocycles. The summed E-state index contributed by atoms with van der Waals surface area (Å²) in [5, 5.41) is 9.29. The molecule has 6 nitrogen and oxygen atoms in total. The van der Waals surface area contributed by atoms with Crippen molar-refractivity contribution < 1.29 is 14.3 Å². The number of rotatable bonds is 6. The Hall–Kier alpha value is -1.89. The van der Waals surface area contributed by atoms with E-state index in [-0.39, 0.29) is 6.61 Å². The Balaban J connectivity index is 1.78. The highest BCUT2D eigenvalue weighted by Crippen LogP contribution is 2.32. The van der Waals surface area contributed by atoms with Crippen molar-refractivity contribution in [3.63, 3.8) is 0 Å². The summed E-state index contributed by atoms with van der Waals surface area (Å²) < 4.78 is 11.4. The predicted octanol–water partition coefficient (Wildman–Crippen LogP) is 2.77. The molecule has 0 spiro atoms. The molecule has 27 heavy (non-hydrogen) atoms. The molecule has 1 aromatic carbocycles. The van der Waals surface area contributed by atoms with E-state index in [1.165, 1.54) is 0 Å². The molecule has 2 aromatic rings. The molecule has 0 saturated carbocycles. The van der Waals surface area contributed by atoms with Gasteiger partial charge in [0.25, 0.3) is 0 Å². The first-order valence-corrected chi connectivity index (χ1v) is 9.59. The molecule has 6 heteroatoms. The maximum absolute atomic E-state index is 9.29. The van der Waals surface area contributed by atoms with Gasteiger partial charge in [0.2, 0.25) is 5.89 Å². The second kappa shape index (κ2) is 8.42. The van der Waals surface area contributed by atoms with Gasteiger partial charge in [-0.1, -0.05) is 0 Å². The predicted molar refractivity (Wildman–Crippen MR) is 106 cm³/mol. The molecule has 2 heterocycles. The van der Waals surface area contributed by atoms with Crippen LogP contribution >= 0.6 is 0 Å². The van der Waals surface area contributed by atoms with Crippen LogP contribution in [0.2, 0.25) is 0 Å².